The van der Waals surface area contributed by atoms with E-state index in [0.717, 1.165) is 0 Å². The topological polar surface area (TPSA) is 81.4 Å². The highest BCUT2D eigenvalue weighted by Gasteiger charge is 2.06. The van der Waals surface area contributed by atoms with Gasteiger partial charge in [-0.2, -0.15) is 13.7 Å². The van der Waals surface area contributed by atoms with Crippen molar-refractivity contribution >= 4 is 10.1 Å². The van der Waals surface area contributed by atoms with Crippen LogP contribution >= 0.6 is 0 Å². The van der Waals surface area contributed by atoms with Gasteiger partial charge < -0.3 is 4.90 Å². The van der Waals surface area contributed by atoms with Crippen molar-refractivity contribution in [3.63, 3.8) is 0 Å². The minimum absolute atomic E-state index is 0.0475. The Labute approximate surface area is 66.0 Å². The van der Waals surface area contributed by atoms with Crippen molar-refractivity contribution in [1.82, 2.24) is 4.90 Å². The van der Waals surface area contributed by atoms with E-state index in [9.17, 15) is 8.42 Å². The molecule has 64 valence electrons. The Morgan fingerprint density at radius 1 is 1.64 bits per heavy atom. The van der Waals surface area contributed by atoms with Crippen LogP contribution in [0.25, 0.3) is 0 Å². The molecule has 0 unspecified atom stereocenters. The molecule has 0 saturated heterocycles. The van der Waals surface area contributed by atoms with Gasteiger partial charge in [-0.05, 0) is 6.92 Å². The average Bonchev–Trinajstić information content (AvgIpc) is 1.88. The monoisotopic (exact) mass is 178 g/mol. The zero-order chi connectivity index (χ0) is 8.91. The molecule has 0 bridgehead atoms. The lowest BCUT2D eigenvalue weighted by atomic mass is 10.6. The van der Waals surface area contributed by atoms with E-state index in [-0.39, 0.29) is 6.54 Å². The fraction of sp³-hybridized carbons (Fsp3) is 0.800. The lowest BCUT2D eigenvalue weighted by Crippen LogP contribution is -2.24. The van der Waals surface area contributed by atoms with E-state index in [4.69, 9.17) is 9.81 Å². The predicted octanol–water partition coefficient (Wildman–Crippen LogP) is -0.323. The van der Waals surface area contributed by atoms with Crippen LogP contribution in [0.2, 0.25) is 0 Å². The predicted molar refractivity (Wildman–Crippen MR) is 39.3 cm³/mol. The van der Waals surface area contributed by atoms with Gasteiger partial charge in [0, 0.05) is 13.1 Å². The molecule has 0 rings (SSSR count). The molecule has 0 radical (unpaired) electrons. The fourth-order valence-corrected chi connectivity index (χ4v) is 0.955. The molecule has 6 heteroatoms. The first-order valence-corrected chi connectivity index (χ1v) is 4.70. The molecule has 0 aromatic rings. The number of nitrogens with zero attached hydrogens (tertiary/aromatic N) is 2. The summed E-state index contributed by atoms with van der Waals surface area (Å²) in [7, 11) is -3.93. The van der Waals surface area contributed by atoms with Gasteiger partial charge in [0.25, 0.3) is 10.1 Å². The average molecular weight is 178 g/mol. The van der Waals surface area contributed by atoms with Gasteiger partial charge in [0.05, 0.1) is 5.75 Å². The number of hydrogen-bond donors (Lipinski definition) is 1. The normalized spacial score (nSPS) is 10.6. The maximum Gasteiger partial charge on any atom is 0.266 e. The van der Waals surface area contributed by atoms with Crippen LogP contribution in [0, 0.1) is 11.5 Å². The molecule has 5 nitrogen and oxygen atoms in total. The van der Waals surface area contributed by atoms with Crippen LogP contribution in [0.4, 0.5) is 0 Å². The van der Waals surface area contributed by atoms with Gasteiger partial charge in [0.15, 0.2) is 6.19 Å². The van der Waals surface area contributed by atoms with Crippen molar-refractivity contribution in [2.24, 2.45) is 0 Å². The third kappa shape index (κ3) is 5.63. The molecular weight excluding hydrogens is 168 g/mol. The molecule has 0 fully saturated rings. The van der Waals surface area contributed by atoms with E-state index in [1.807, 2.05) is 0 Å². The van der Waals surface area contributed by atoms with Crippen LogP contribution < -0.4 is 0 Å². The SMILES string of the molecule is CCN(C#N)CCS(=O)(=O)O. The van der Waals surface area contributed by atoms with E-state index in [2.05, 4.69) is 0 Å². The molecule has 1 N–H and O–H groups in total. The number of nitriles is 1. The van der Waals surface area contributed by atoms with Crippen LogP contribution in [0.1, 0.15) is 6.92 Å². The molecule has 0 aromatic heterocycles. The van der Waals surface area contributed by atoms with Gasteiger partial charge in [-0.15, -0.1) is 0 Å². The summed E-state index contributed by atoms with van der Waals surface area (Å²) in [5.41, 5.74) is 0. The summed E-state index contributed by atoms with van der Waals surface area (Å²) in [5, 5.41) is 8.32. The maximum absolute atomic E-state index is 10.2. The summed E-state index contributed by atoms with van der Waals surface area (Å²) >= 11 is 0. The van der Waals surface area contributed by atoms with Crippen LogP contribution in [0.15, 0.2) is 0 Å². The molecular formula is C5H10N2O3S. The Hall–Kier alpha value is -0.800. The molecule has 0 amide bonds. The molecule has 0 saturated carbocycles. The van der Waals surface area contributed by atoms with E-state index in [1.165, 1.54) is 4.90 Å². The lowest BCUT2D eigenvalue weighted by Gasteiger charge is -2.10. The molecule has 0 aliphatic carbocycles. The van der Waals surface area contributed by atoms with Crippen LogP contribution in [0.3, 0.4) is 0 Å². The highest BCUT2D eigenvalue weighted by atomic mass is 32.2. The van der Waals surface area contributed by atoms with Crippen molar-refractivity contribution in [3.05, 3.63) is 0 Å². The smallest absolute Gasteiger partial charge is 0.266 e. The molecule has 11 heavy (non-hydrogen) atoms. The molecule has 0 aliphatic heterocycles. The summed E-state index contributed by atoms with van der Waals surface area (Å²) in [6, 6.07) is 0. The van der Waals surface area contributed by atoms with Crippen molar-refractivity contribution in [1.29, 1.82) is 5.26 Å². The third-order valence-electron chi connectivity index (χ3n) is 1.14. The summed E-state index contributed by atoms with van der Waals surface area (Å²) in [6.07, 6.45) is 1.78. The lowest BCUT2D eigenvalue weighted by molar-refractivity contribution is 0.421. The quantitative estimate of drug-likeness (QED) is 0.362. The Balaban J connectivity index is 3.81. The highest BCUT2D eigenvalue weighted by Crippen LogP contribution is 1.87. The third-order valence-corrected chi connectivity index (χ3v) is 1.84. The van der Waals surface area contributed by atoms with E-state index in [1.54, 1.807) is 13.1 Å². The summed E-state index contributed by atoms with van der Waals surface area (Å²) in [6.45, 7) is 2.23. The second-order valence-corrected chi connectivity index (χ2v) is 3.54. The molecule has 0 atom stereocenters. The van der Waals surface area contributed by atoms with Crippen LogP contribution in [-0.2, 0) is 10.1 Å². The van der Waals surface area contributed by atoms with Crippen molar-refractivity contribution in [2.75, 3.05) is 18.8 Å². The van der Waals surface area contributed by atoms with E-state index < -0.39 is 15.9 Å². The first-order chi connectivity index (χ1) is 4.99. The molecule has 0 spiro atoms. The zero-order valence-corrected chi connectivity index (χ0v) is 7.00. The molecule has 0 aliphatic rings. The zero-order valence-electron chi connectivity index (χ0n) is 6.19. The van der Waals surface area contributed by atoms with E-state index in [0.29, 0.717) is 6.54 Å². The number of rotatable bonds is 4. The highest BCUT2D eigenvalue weighted by molar-refractivity contribution is 7.85. The Morgan fingerprint density at radius 2 is 2.18 bits per heavy atom. The second-order valence-electron chi connectivity index (χ2n) is 1.97. The maximum atomic E-state index is 10.2. The van der Waals surface area contributed by atoms with Gasteiger partial charge in [-0.25, -0.2) is 0 Å². The van der Waals surface area contributed by atoms with Gasteiger partial charge in [0.1, 0.15) is 0 Å². The summed E-state index contributed by atoms with van der Waals surface area (Å²) < 4.78 is 28.7. The molecule has 0 heterocycles. The van der Waals surface area contributed by atoms with E-state index >= 15 is 0 Å². The first kappa shape index (κ1) is 10.2. The number of hydrogen-bond acceptors (Lipinski definition) is 4. The van der Waals surface area contributed by atoms with Crippen molar-refractivity contribution < 1.29 is 13.0 Å². The summed E-state index contributed by atoms with van der Waals surface area (Å²) in [5.74, 6) is -0.394. The summed E-state index contributed by atoms with van der Waals surface area (Å²) in [4.78, 5) is 1.24. The minimum Gasteiger partial charge on any atom is -0.310 e. The Bertz CT molecular complexity index is 241. The van der Waals surface area contributed by atoms with Crippen molar-refractivity contribution in [2.45, 2.75) is 6.92 Å². The van der Waals surface area contributed by atoms with Crippen molar-refractivity contribution in [3.8, 4) is 6.19 Å². The van der Waals surface area contributed by atoms with Gasteiger partial charge >= 0.3 is 0 Å². The fourth-order valence-electron chi connectivity index (χ4n) is 0.504. The van der Waals surface area contributed by atoms with Crippen LogP contribution in [-0.4, -0.2) is 36.7 Å². The molecule has 0 aromatic carbocycles. The Kier molecular flexibility index (Phi) is 3.85. The van der Waals surface area contributed by atoms with Gasteiger partial charge in [-0.3, -0.25) is 4.55 Å². The van der Waals surface area contributed by atoms with Gasteiger partial charge in [0.2, 0.25) is 0 Å². The minimum atomic E-state index is -3.93. The largest absolute Gasteiger partial charge is 0.310 e. The standard InChI is InChI=1S/C5H10N2O3S/c1-2-7(5-6)3-4-11(8,9)10/h2-4H2,1H3,(H,8,9,10). The first-order valence-electron chi connectivity index (χ1n) is 3.09. The van der Waals surface area contributed by atoms with Crippen LogP contribution in [0.5, 0.6) is 0 Å². The Morgan fingerprint density at radius 3 is 2.45 bits per heavy atom. The van der Waals surface area contributed by atoms with Gasteiger partial charge in [-0.1, -0.05) is 0 Å². The second kappa shape index (κ2) is 4.16.